The summed E-state index contributed by atoms with van der Waals surface area (Å²) >= 11 is 4.86. The second-order valence-electron chi connectivity index (χ2n) is 4.54. The van der Waals surface area contributed by atoms with E-state index in [0.717, 1.165) is 0 Å². The summed E-state index contributed by atoms with van der Waals surface area (Å²) in [6, 6.07) is 0. The van der Waals surface area contributed by atoms with Crippen molar-refractivity contribution < 1.29 is 13.2 Å². The van der Waals surface area contributed by atoms with Gasteiger partial charge in [0.1, 0.15) is 16.9 Å². The number of nitrogens with two attached hydrogens (primary N) is 1. The lowest BCUT2D eigenvalue weighted by Crippen LogP contribution is -2.49. The van der Waals surface area contributed by atoms with Crippen LogP contribution < -0.4 is 5.73 Å². The second-order valence-corrected chi connectivity index (χ2v) is 6.89. The van der Waals surface area contributed by atoms with Gasteiger partial charge in [0.05, 0.1) is 6.61 Å². The first-order valence-corrected chi connectivity index (χ1v) is 8.16. The van der Waals surface area contributed by atoms with Crippen LogP contribution in [-0.4, -0.2) is 53.1 Å². The van der Waals surface area contributed by atoms with E-state index < -0.39 is 16.1 Å². The van der Waals surface area contributed by atoms with Gasteiger partial charge in [-0.1, -0.05) is 12.2 Å². The summed E-state index contributed by atoms with van der Waals surface area (Å²) in [4.78, 5) is 4.29. The van der Waals surface area contributed by atoms with Crippen molar-refractivity contribution in [1.29, 1.82) is 0 Å². The molecule has 2 rings (SSSR count). The number of thiocarbonyl (C=S) groups is 1. The van der Waals surface area contributed by atoms with Crippen LogP contribution in [0.1, 0.15) is 12.7 Å². The van der Waals surface area contributed by atoms with E-state index in [1.165, 1.54) is 4.31 Å². The summed E-state index contributed by atoms with van der Waals surface area (Å²) in [5.41, 5.74) is 5.53. The summed E-state index contributed by atoms with van der Waals surface area (Å²) < 4.78 is 33.6. The summed E-state index contributed by atoms with van der Waals surface area (Å²) in [6.07, 6.45) is 1.01. The minimum atomic E-state index is -3.63. The van der Waals surface area contributed by atoms with E-state index in [-0.39, 0.29) is 29.7 Å². The average Bonchev–Trinajstić information content (AvgIpc) is 2.81. The molecule has 1 saturated heterocycles. The van der Waals surface area contributed by atoms with Gasteiger partial charge in [-0.2, -0.15) is 4.31 Å². The van der Waals surface area contributed by atoms with Gasteiger partial charge in [0, 0.05) is 25.8 Å². The molecule has 1 unspecified atom stereocenters. The molecule has 20 heavy (non-hydrogen) atoms. The van der Waals surface area contributed by atoms with E-state index in [1.54, 1.807) is 17.7 Å². The van der Waals surface area contributed by atoms with Crippen molar-refractivity contribution in [3.63, 3.8) is 0 Å². The molecular formula is C11H18N4O3S2. The van der Waals surface area contributed by atoms with Gasteiger partial charge in [-0.25, -0.2) is 13.4 Å². The summed E-state index contributed by atoms with van der Waals surface area (Å²) in [5.74, 6) is 0.672. The third-order valence-corrected chi connectivity index (χ3v) is 5.24. The standard InChI is InChI=1S/C11H18N4O3S2/c1-3-14-7-10(13-8(14)2)20(16,17)15-4-5-18-9(6-15)11(12)19/h7,9H,3-6H2,1-2H3,(H2,12,19). The molecule has 2 N–H and O–H groups in total. The van der Waals surface area contributed by atoms with Crippen LogP contribution >= 0.6 is 12.2 Å². The Morgan fingerprint density at radius 3 is 2.90 bits per heavy atom. The number of hydrogen-bond acceptors (Lipinski definition) is 5. The van der Waals surface area contributed by atoms with Crippen LogP contribution in [0.15, 0.2) is 11.2 Å². The Balaban J connectivity index is 2.27. The summed E-state index contributed by atoms with van der Waals surface area (Å²) in [5, 5.41) is 0.0560. The molecular weight excluding hydrogens is 300 g/mol. The number of hydrogen-bond donors (Lipinski definition) is 1. The first-order valence-electron chi connectivity index (χ1n) is 6.31. The number of morpholine rings is 1. The first-order chi connectivity index (χ1) is 9.36. The van der Waals surface area contributed by atoms with E-state index in [4.69, 9.17) is 22.7 Å². The molecule has 9 heteroatoms. The highest BCUT2D eigenvalue weighted by Crippen LogP contribution is 2.18. The Kier molecular flexibility index (Phi) is 4.43. The highest BCUT2D eigenvalue weighted by atomic mass is 32.2. The van der Waals surface area contributed by atoms with E-state index in [0.29, 0.717) is 12.4 Å². The van der Waals surface area contributed by atoms with E-state index in [2.05, 4.69) is 4.98 Å². The number of ether oxygens (including phenoxy) is 1. The van der Waals surface area contributed by atoms with Crippen LogP contribution in [0.25, 0.3) is 0 Å². The van der Waals surface area contributed by atoms with Crippen molar-refractivity contribution in [3.8, 4) is 0 Å². The Bertz CT molecular complexity index is 611. The van der Waals surface area contributed by atoms with Gasteiger partial charge in [0.15, 0.2) is 5.03 Å². The Morgan fingerprint density at radius 2 is 2.35 bits per heavy atom. The normalized spacial score (nSPS) is 21.0. The molecule has 1 aromatic rings. The fraction of sp³-hybridized carbons (Fsp3) is 0.636. The van der Waals surface area contributed by atoms with Crippen molar-refractivity contribution in [1.82, 2.24) is 13.9 Å². The van der Waals surface area contributed by atoms with Gasteiger partial charge in [-0.05, 0) is 13.8 Å². The van der Waals surface area contributed by atoms with E-state index in [9.17, 15) is 8.42 Å². The van der Waals surface area contributed by atoms with Crippen molar-refractivity contribution in [2.24, 2.45) is 5.73 Å². The average molecular weight is 318 g/mol. The van der Waals surface area contributed by atoms with Crippen LogP contribution in [0.5, 0.6) is 0 Å². The van der Waals surface area contributed by atoms with Crippen LogP contribution in [-0.2, 0) is 21.3 Å². The maximum absolute atomic E-state index is 12.5. The molecule has 0 saturated carbocycles. The summed E-state index contributed by atoms with van der Waals surface area (Å²) in [7, 11) is -3.63. The molecule has 0 bridgehead atoms. The SMILES string of the molecule is CCn1cc(S(=O)(=O)N2CCOC(C(N)=S)C2)nc1C. The number of rotatable bonds is 4. The molecule has 2 heterocycles. The molecule has 7 nitrogen and oxygen atoms in total. The van der Waals surface area contributed by atoms with Gasteiger partial charge < -0.3 is 15.0 Å². The highest BCUT2D eigenvalue weighted by Gasteiger charge is 2.33. The van der Waals surface area contributed by atoms with Crippen molar-refractivity contribution in [2.45, 2.75) is 31.5 Å². The quantitative estimate of drug-likeness (QED) is 0.779. The molecule has 0 spiro atoms. The van der Waals surface area contributed by atoms with Crippen LogP contribution in [0.4, 0.5) is 0 Å². The van der Waals surface area contributed by atoms with Gasteiger partial charge in [0.2, 0.25) is 0 Å². The monoisotopic (exact) mass is 318 g/mol. The molecule has 0 radical (unpaired) electrons. The molecule has 1 aromatic heterocycles. The van der Waals surface area contributed by atoms with Crippen LogP contribution in [0.2, 0.25) is 0 Å². The molecule has 1 atom stereocenters. The van der Waals surface area contributed by atoms with Gasteiger partial charge in [-0.15, -0.1) is 0 Å². The lowest BCUT2D eigenvalue weighted by Gasteiger charge is -2.30. The predicted molar refractivity (Wildman–Crippen MR) is 77.9 cm³/mol. The van der Waals surface area contributed by atoms with E-state index >= 15 is 0 Å². The molecule has 1 aliphatic rings. The molecule has 0 aliphatic carbocycles. The minimum Gasteiger partial charge on any atom is -0.391 e. The second kappa shape index (κ2) is 5.76. The predicted octanol–water partition coefficient (Wildman–Crippen LogP) is -0.113. The molecule has 0 amide bonds. The first kappa shape index (κ1) is 15.4. The topological polar surface area (TPSA) is 90.5 Å². The Labute approximate surface area is 123 Å². The van der Waals surface area contributed by atoms with Crippen molar-refractivity contribution in [3.05, 3.63) is 12.0 Å². The summed E-state index contributed by atoms with van der Waals surface area (Å²) in [6.45, 7) is 5.07. The Morgan fingerprint density at radius 1 is 1.65 bits per heavy atom. The third-order valence-electron chi connectivity index (χ3n) is 3.25. The van der Waals surface area contributed by atoms with Gasteiger partial charge in [-0.3, -0.25) is 0 Å². The minimum absolute atomic E-state index is 0.0560. The van der Waals surface area contributed by atoms with Crippen LogP contribution in [0, 0.1) is 6.92 Å². The van der Waals surface area contributed by atoms with E-state index in [1.807, 2.05) is 6.92 Å². The van der Waals surface area contributed by atoms with Crippen LogP contribution in [0.3, 0.4) is 0 Å². The molecule has 112 valence electrons. The zero-order chi connectivity index (χ0) is 14.9. The van der Waals surface area contributed by atoms with Gasteiger partial charge in [0.25, 0.3) is 10.0 Å². The lowest BCUT2D eigenvalue weighted by atomic mass is 10.3. The third kappa shape index (κ3) is 2.85. The zero-order valence-corrected chi connectivity index (χ0v) is 13.1. The number of aromatic nitrogens is 2. The Hall–Kier alpha value is -1.03. The number of sulfonamides is 1. The molecule has 1 aliphatic heterocycles. The van der Waals surface area contributed by atoms with Crippen molar-refractivity contribution in [2.75, 3.05) is 19.7 Å². The fourth-order valence-electron chi connectivity index (χ4n) is 2.07. The fourth-order valence-corrected chi connectivity index (χ4v) is 3.63. The number of nitrogens with zero attached hydrogens (tertiary/aromatic N) is 3. The van der Waals surface area contributed by atoms with Gasteiger partial charge >= 0.3 is 0 Å². The molecule has 1 fully saturated rings. The lowest BCUT2D eigenvalue weighted by molar-refractivity contribution is 0.0385. The smallest absolute Gasteiger partial charge is 0.262 e. The number of imidazole rings is 1. The largest absolute Gasteiger partial charge is 0.391 e. The maximum Gasteiger partial charge on any atom is 0.262 e. The highest BCUT2D eigenvalue weighted by molar-refractivity contribution is 7.89. The maximum atomic E-state index is 12.5. The molecule has 0 aromatic carbocycles. The zero-order valence-electron chi connectivity index (χ0n) is 11.4. The van der Waals surface area contributed by atoms with Crippen molar-refractivity contribution >= 4 is 27.2 Å². The number of aryl methyl sites for hydroxylation is 2.